The summed E-state index contributed by atoms with van der Waals surface area (Å²) in [6.45, 7) is 15.1. The highest BCUT2D eigenvalue weighted by Crippen LogP contribution is 2.47. The molecule has 348 valence electrons. The number of allylic oxidation sites excluding steroid dienone is 7. The number of aryl methyl sites for hydroxylation is 1. The number of benzene rings is 2. The molecule has 4 fully saturated rings. The van der Waals surface area contributed by atoms with Crippen molar-refractivity contribution in [1.29, 1.82) is 0 Å². The summed E-state index contributed by atoms with van der Waals surface area (Å²) >= 11 is 0. The van der Waals surface area contributed by atoms with Crippen molar-refractivity contribution in [2.45, 2.75) is 168 Å². The van der Waals surface area contributed by atoms with Crippen molar-refractivity contribution in [1.82, 2.24) is 29.7 Å². The molecule has 0 spiro atoms. The molecular formula is C56H76N6O3. The van der Waals surface area contributed by atoms with Gasteiger partial charge in [0.25, 0.3) is 5.91 Å². The van der Waals surface area contributed by atoms with E-state index >= 15 is 0 Å². The quantitative estimate of drug-likeness (QED) is 0.0720. The third-order valence-electron chi connectivity index (χ3n) is 15.8. The standard InChI is InChI=1S/C56H76N6O3/c1-8-38(9-2)21-23-40(30-42-26-28-46-48(32-42)60-55(58-46)52-34-44-16-12-14-18-50(44)62(52)56(64)53(65-7)36(4)5)24-22-39(10-3)29-37(6)19-20-41-25-27-45-47(31-41)59-54(57-45)51-33-43-15-11-13-17-49(43)61(51)35-63/h8,21-28,31-32,35-37,39,43-44,49-53H,1,9-20,29-30,33-34H2,2-7H3,(H,57,59)(H,58,60)/b24-22?,38-21+,40-23-/t37?,39-,43?,44?,49?,50?,51?,52?,53?/m0/s1. The Kier molecular flexibility index (Phi) is 15.3. The molecule has 2 aliphatic carbocycles. The Balaban J connectivity index is 0.929. The number of amides is 2. The Morgan fingerprint density at radius 1 is 0.846 bits per heavy atom. The molecule has 8 unspecified atom stereocenters. The first kappa shape index (κ1) is 46.8. The molecule has 4 aliphatic rings. The summed E-state index contributed by atoms with van der Waals surface area (Å²) in [4.78, 5) is 48.0. The predicted molar refractivity (Wildman–Crippen MR) is 264 cm³/mol. The van der Waals surface area contributed by atoms with Gasteiger partial charge in [0.1, 0.15) is 17.8 Å². The molecule has 2 aliphatic heterocycles. The van der Waals surface area contributed by atoms with Gasteiger partial charge in [-0.3, -0.25) is 9.59 Å². The predicted octanol–water partition coefficient (Wildman–Crippen LogP) is 12.6. The number of carbonyl (C=O) groups excluding carboxylic acids is 2. The average Bonchev–Trinajstić information content (AvgIpc) is 4.11. The fourth-order valence-electron chi connectivity index (χ4n) is 12.1. The van der Waals surface area contributed by atoms with Crippen molar-refractivity contribution in [2.75, 3.05) is 7.11 Å². The minimum absolute atomic E-state index is 0.0576. The number of aromatic nitrogens is 4. The number of imidazole rings is 2. The first-order valence-corrected chi connectivity index (χ1v) is 25.4. The highest BCUT2D eigenvalue weighted by atomic mass is 16.5. The summed E-state index contributed by atoms with van der Waals surface area (Å²) < 4.78 is 5.79. The van der Waals surface area contributed by atoms with Crippen LogP contribution >= 0.6 is 0 Å². The van der Waals surface area contributed by atoms with Gasteiger partial charge in [-0.25, -0.2) is 9.97 Å². The van der Waals surface area contributed by atoms with E-state index in [1.165, 1.54) is 60.8 Å². The molecule has 2 aromatic carbocycles. The molecule has 9 heteroatoms. The number of hydrogen-bond acceptors (Lipinski definition) is 5. The van der Waals surface area contributed by atoms with Crippen molar-refractivity contribution in [3.8, 4) is 0 Å². The Morgan fingerprint density at radius 3 is 2.11 bits per heavy atom. The number of methoxy groups -OCH3 is 1. The molecule has 4 heterocycles. The van der Waals surface area contributed by atoms with Gasteiger partial charge in [-0.2, -0.15) is 0 Å². The Hall–Kier alpha value is -4.76. The summed E-state index contributed by atoms with van der Waals surface area (Å²) in [6, 6.07) is 13.9. The highest BCUT2D eigenvalue weighted by Gasteiger charge is 2.48. The number of carbonyl (C=O) groups is 2. The number of fused-ring (bicyclic) bond motifs is 4. The van der Waals surface area contributed by atoms with Crippen LogP contribution in [0.25, 0.3) is 22.1 Å². The van der Waals surface area contributed by atoms with Crippen LogP contribution in [0.15, 0.2) is 84.5 Å². The van der Waals surface area contributed by atoms with E-state index in [1.54, 1.807) is 7.11 Å². The maximum Gasteiger partial charge on any atom is 0.252 e. The summed E-state index contributed by atoms with van der Waals surface area (Å²) in [5.41, 5.74) is 9.08. The van der Waals surface area contributed by atoms with Crippen molar-refractivity contribution >= 4 is 34.4 Å². The molecule has 2 aromatic heterocycles. The summed E-state index contributed by atoms with van der Waals surface area (Å²) in [5.74, 6) is 4.20. The van der Waals surface area contributed by atoms with Gasteiger partial charge in [0, 0.05) is 19.2 Å². The second-order valence-corrected chi connectivity index (χ2v) is 20.5. The number of nitrogens with one attached hydrogen (secondary N) is 2. The fraction of sp³-hybridized carbons (Fsp3) is 0.571. The van der Waals surface area contributed by atoms with E-state index in [9.17, 15) is 9.59 Å². The van der Waals surface area contributed by atoms with E-state index in [2.05, 4.69) is 122 Å². The van der Waals surface area contributed by atoms with Crippen LogP contribution in [0.5, 0.6) is 0 Å². The lowest BCUT2D eigenvalue weighted by atomic mass is 9.84. The van der Waals surface area contributed by atoms with Crippen molar-refractivity contribution in [2.24, 2.45) is 29.6 Å². The van der Waals surface area contributed by atoms with Crippen LogP contribution in [0.4, 0.5) is 0 Å². The van der Waals surface area contributed by atoms with Gasteiger partial charge in [0.15, 0.2) is 0 Å². The second-order valence-electron chi connectivity index (χ2n) is 20.5. The number of ether oxygens (including phenoxy) is 1. The SMILES string of the molecule is C=C/C(=C\C=C(\C=C[C@H](CC)CC(C)CCc1ccc2nc(C3CC4CCCCC4N3C=O)[nH]c2c1)Cc1ccc2nc(C3CC4CCCCC4N3C(=O)C(OC)C(C)C)[nH]c2c1)CC. The van der Waals surface area contributed by atoms with Gasteiger partial charge < -0.3 is 24.5 Å². The average molecular weight is 881 g/mol. The highest BCUT2D eigenvalue weighted by molar-refractivity contribution is 5.83. The third kappa shape index (κ3) is 10.5. The Bertz CT molecular complexity index is 2370. The molecule has 0 bridgehead atoms. The zero-order valence-corrected chi connectivity index (χ0v) is 40.2. The zero-order valence-electron chi connectivity index (χ0n) is 40.2. The fourth-order valence-corrected chi connectivity index (χ4v) is 12.1. The van der Waals surface area contributed by atoms with Gasteiger partial charge >= 0.3 is 0 Å². The van der Waals surface area contributed by atoms with Gasteiger partial charge in [-0.15, -0.1) is 0 Å². The smallest absolute Gasteiger partial charge is 0.252 e. The van der Waals surface area contributed by atoms with E-state index in [1.807, 2.05) is 6.08 Å². The third-order valence-corrected chi connectivity index (χ3v) is 15.8. The molecule has 9 nitrogen and oxygen atoms in total. The molecule has 2 N–H and O–H groups in total. The Morgan fingerprint density at radius 2 is 1.46 bits per heavy atom. The van der Waals surface area contributed by atoms with Crippen LogP contribution in [-0.2, 0) is 27.2 Å². The lowest BCUT2D eigenvalue weighted by Gasteiger charge is -2.36. The summed E-state index contributed by atoms with van der Waals surface area (Å²) in [6.07, 6.45) is 29.4. The number of likely N-dealkylation sites (tertiary alicyclic amines) is 2. The molecule has 4 aromatic rings. The lowest BCUT2D eigenvalue weighted by Crippen LogP contribution is -2.47. The van der Waals surface area contributed by atoms with Gasteiger partial charge in [0.2, 0.25) is 6.41 Å². The van der Waals surface area contributed by atoms with E-state index in [0.29, 0.717) is 29.7 Å². The zero-order chi connectivity index (χ0) is 45.6. The van der Waals surface area contributed by atoms with Gasteiger partial charge in [-0.05, 0) is 153 Å². The van der Waals surface area contributed by atoms with Crippen LogP contribution in [0, 0.1) is 29.6 Å². The Labute approximate surface area is 388 Å². The number of H-pyrrole nitrogens is 2. The van der Waals surface area contributed by atoms with Crippen LogP contribution in [0.3, 0.4) is 0 Å². The van der Waals surface area contributed by atoms with Crippen LogP contribution in [-0.4, -0.2) is 67.4 Å². The van der Waals surface area contributed by atoms with Crippen LogP contribution in [0.2, 0.25) is 0 Å². The molecule has 8 rings (SSSR count). The van der Waals surface area contributed by atoms with Gasteiger partial charge in [-0.1, -0.05) is 109 Å². The van der Waals surface area contributed by atoms with Crippen molar-refractivity contribution in [3.63, 3.8) is 0 Å². The van der Waals surface area contributed by atoms with Crippen molar-refractivity contribution in [3.05, 3.63) is 107 Å². The van der Waals surface area contributed by atoms with E-state index < -0.39 is 6.10 Å². The molecule has 65 heavy (non-hydrogen) atoms. The normalized spacial score (nSPS) is 25.4. The number of hydrogen-bond donors (Lipinski definition) is 2. The van der Waals surface area contributed by atoms with Crippen LogP contribution < -0.4 is 0 Å². The maximum absolute atomic E-state index is 14.1. The number of nitrogens with zero attached hydrogens (tertiary/aromatic N) is 4. The molecule has 9 atom stereocenters. The minimum atomic E-state index is -0.450. The molecule has 2 amide bonds. The van der Waals surface area contributed by atoms with E-state index in [0.717, 1.165) is 104 Å². The molecule has 2 saturated heterocycles. The van der Waals surface area contributed by atoms with E-state index in [4.69, 9.17) is 14.7 Å². The molecular weight excluding hydrogens is 805 g/mol. The van der Waals surface area contributed by atoms with E-state index in [-0.39, 0.29) is 30.0 Å². The lowest BCUT2D eigenvalue weighted by molar-refractivity contribution is -0.148. The van der Waals surface area contributed by atoms with Gasteiger partial charge in [0.05, 0.1) is 34.2 Å². The number of rotatable bonds is 19. The van der Waals surface area contributed by atoms with Crippen molar-refractivity contribution < 1.29 is 14.3 Å². The number of aromatic amines is 2. The maximum atomic E-state index is 14.1. The largest absolute Gasteiger partial charge is 0.371 e. The molecule has 0 radical (unpaired) electrons. The second kappa shape index (κ2) is 21.3. The minimum Gasteiger partial charge on any atom is -0.371 e. The first-order valence-electron chi connectivity index (χ1n) is 25.4. The summed E-state index contributed by atoms with van der Waals surface area (Å²) in [5, 5.41) is 0. The van der Waals surface area contributed by atoms with Crippen LogP contribution in [0.1, 0.15) is 159 Å². The first-order chi connectivity index (χ1) is 31.6. The monoisotopic (exact) mass is 881 g/mol. The topological polar surface area (TPSA) is 107 Å². The summed E-state index contributed by atoms with van der Waals surface area (Å²) in [7, 11) is 1.66. The molecule has 2 saturated carbocycles.